The molecular formula is C26H35FN4O4S. The second-order valence-corrected chi connectivity index (χ2v) is 11.7. The number of hydrogen-bond acceptors (Lipinski definition) is 6. The lowest BCUT2D eigenvalue weighted by atomic mass is 9.85. The van der Waals surface area contributed by atoms with Crippen LogP contribution in [0.3, 0.4) is 0 Å². The summed E-state index contributed by atoms with van der Waals surface area (Å²) in [7, 11) is 0. The van der Waals surface area contributed by atoms with Crippen molar-refractivity contribution in [2.24, 2.45) is 5.41 Å². The molecule has 1 aromatic carbocycles. The molecule has 10 heteroatoms. The van der Waals surface area contributed by atoms with Gasteiger partial charge >= 0.3 is 0 Å². The molecule has 1 fully saturated rings. The van der Waals surface area contributed by atoms with Gasteiger partial charge in [-0.15, -0.1) is 11.3 Å². The molecule has 1 saturated heterocycles. The quantitative estimate of drug-likeness (QED) is 0.522. The summed E-state index contributed by atoms with van der Waals surface area (Å²) in [5.41, 5.74) is 1.79. The van der Waals surface area contributed by atoms with Gasteiger partial charge in [-0.1, -0.05) is 45.0 Å². The van der Waals surface area contributed by atoms with Crippen molar-refractivity contribution in [3.63, 3.8) is 0 Å². The molecule has 0 radical (unpaired) electrons. The Balaban J connectivity index is 1.69. The number of nitrogens with one attached hydrogen (secondary N) is 2. The number of aromatic nitrogens is 1. The monoisotopic (exact) mass is 518 g/mol. The van der Waals surface area contributed by atoms with Crippen molar-refractivity contribution in [3.8, 4) is 10.4 Å². The molecule has 3 atom stereocenters. The zero-order valence-corrected chi connectivity index (χ0v) is 22.4. The maximum absolute atomic E-state index is 14.2. The largest absolute Gasteiger partial charge is 0.391 e. The van der Waals surface area contributed by atoms with Crippen LogP contribution in [0.5, 0.6) is 0 Å². The van der Waals surface area contributed by atoms with Crippen molar-refractivity contribution in [1.29, 1.82) is 0 Å². The third-order valence-electron chi connectivity index (χ3n) is 6.22. The number of thiazole rings is 1. The Labute approximate surface area is 215 Å². The number of nitrogens with zero attached hydrogens (tertiary/aromatic N) is 2. The van der Waals surface area contributed by atoms with Gasteiger partial charge in [-0.3, -0.25) is 14.4 Å². The van der Waals surface area contributed by atoms with Gasteiger partial charge in [0.25, 0.3) is 5.91 Å². The van der Waals surface area contributed by atoms with Gasteiger partial charge in [0, 0.05) is 19.5 Å². The van der Waals surface area contributed by atoms with Gasteiger partial charge in [-0.05, 0) is 37.3 Å². The lowest BCUT2D eigenvalue weighted by Crippen LogP contribution is -2.59. The fraction of sp³-hybridized carbons (Fsp3) is 0.538. The molecule has 8 nitrogen and oxygen atoms in total. The van der Waals surface area contributed by atoms with Crippen molar-refractivity contribution in [2.45, 2.75) is 78.4 Å². The van der Waals surface area contributed by atoms with E-state index in [2.05, 4.69) is 15.6 Å². The van der Waals surface area contributed by atoms with Crippen molar-refractivity contribution < 1.29 is 23.9 Å². The van der Waals surface area contributed by atoms with E-state index >= 15 is 0 Å². The van der Waals surface area contributed by atoms with Gasteiger partial charge < -0.3 is 20.6 Å². The fourth-order valence-electron chi connectivity index (χ4n) is 4.08. The topological polar surface area (TPSA) is 112 Å². The van der Waals surface area contributed by atoms with Crippen LogP contribution < -0.4 is 10.6 Å². The van der Waals surface area contributed by atoms with Gasteiger partial charge in [0.2, 0.25) is 11.8 Å². The first-order valence-corrected chi connectivity index (χ1v) is 12.8. The average Bonchev–Trinajstić information content (AvgIpc) is 3.39. The number of hydrogen-bond donors (Lipinski definition) is 3. The van der Waals surface area contributed by atoms with Crippen molar-refractivity contribution in [3.05, 3.63) is 41.0 Å². The van der Waals surface area contributed by atoms with Crippen molar-refractivity contribution in [2.75, 3.05) is 6.54 Å². The molecule has 2 heterocycles. The minimum atomic E-state index is -2.17. The standard InChI is InChI=1S/C26H35FN4O4S/c1-15-20(36-14-29-15)17-9-7-16(8-10-17)12-28-22(33)19-11-18(32)13-31(19)23(34)21(25(2,3)4)30-24(35)26(5,6)27/h7-10,14,18-19,21,32H,11-13H2,1-6H3,(H,28,33)(H,30,35). The van der Waals surface area contributed by atoms with Crippen LogP contribution in [0, 0.1) is 12.3 Å². The second kappa shape index (κ2) is 10.6. The van der Waals surface area contributed by atoms with E-state index in [-0.39, 0.29) is 19.5 Å². The van der Waals surface area contributed by atoms with Crippen molar-refractivity contribution >= 4 is 29.1 Å². The van der Waals surface area contributed by atoms with Gasteiger partial charge in [-0.2, -0.15) is 0 Å². The molecule has 3 unspecified atom stereocenters. The van der Waals surface area contributed by atoms with Crippen LogP contribution in [0.15, 0.2) is 29.8 Å². The third kappa shape index (κ3) is 6.47. The molecule has 0 saturated carbocycles. The predicted octanol–water partition coefficient (Wildman–Crippen LogP) is 2.98. The lowest BCUT2D eigenvalue weighted by molar-refractivity contribution is -0.145. The number of likely N-dealkylation sites (tertiary alicyclic amines) is 1. The first kappa shape index (κ1) is 27.7. The molecule has 3 rings (SSSR count). The predicted molar refractivity (Wildman–Crippen MR) is 137 cm³/mol. The van der Waals surface area contributed by atoms with Gasteiger partial charge in [-0.25, -0.2) is 9.37 Å². The van der Waals surface area contributed by atoms with E-state index < -0.39 is 47.0 Å². The summed E-state index contributed by atoms with van der Waals surface area (Å²) >= 11 is 1.57. The minimum Gasteiger partial charge on any atom is -0.391 e. The minimum absolute atomic E-state index is 0.0404. The first-order chi connectivity index (χ1) is 16.7. The number of amides is 3. The van der Waals surface area contributed by atoms with E-state index in [1.54, 1.807) is 37.6 Å². The summed E-state index contributed by atoms with van der Waals surface area (Å²) in [6.45, 7) is 9.66. The van der Waals surface area contributed by atoms with Crippen LogP contribution in [-0.2, 0) is 20.9 Å². The summed E-state index contributed by atoms with van der Waals surface area (Å²) in [5, 5.41) is 15.6. The summed E-state index contributed by atoms with van der Waals surface area (Å²) < 4.78 is 14.2. The maximum atomic E-state index is 14.2. The van der Waals surface area contributed by atoms with Crippen LogP contribution in [-0.4, -0.2) is 63.1 Å². The van der Waals surface area contributed by atoms with E-state index in [1.165, 1.54) is 4.90 Å². The highest BCUT2D eigenvalue weighted by molar-refractivity contribution is 7.13. The molecule has 1 aromatic heterocycles. The van der Waals surface area contributed by atoms with E-state index in [0.29, 0.717) is 0 Å². The molecule has 196 valence electrons. The van der Waals surface area contributed by atoms with E-state index in [0.717, 1.165) is 35.5 Å². The summed E-state index contributed by atoms with van der Waals surface area (Å²) in [4.78, 5) is 45.5. The van der Waals surface area contributed by atoms with Crippen LogP contribution in [0.1, 0.15) is 52.3 Å². The molecule has 0 aliphatic carbocycles. The Morgan fingerprint density at radius 3 is 2.36 bits per heavy atom. The van der Waals surface area contributed by atoms with Crippen LogP contribution in [0.2, 0.25) is 0 Å². The smallest absolute Gasteiger partial charge is 0.257 e. The highest BCUT2D eigenvalue weighted by Gasteiger charge is 2.45. The third-order valence-corrected chi connectivity index (χ3v) is 7.20. The number of carbonyl (C=O) groups excluding carboxylic acids is 3. The van der Waals surface area contributed by atoms with E-state index in [4.69, 9.17) is 0 Å². The number of rotatable bonds is 7. The Kier molecular flexibility index (Phi) is 8.20. The molecule has 3 N–H and O–H groups in total. The number of carbonyl (C=O) groups is 3. The average molecular weight is 519 g/mol. The van der Waals surface area contributed by atoms with Crippen LogP contribution in [0.25, 0.3) is 10.4 Å². The zero-order chi connectivity index (χ0) is 26.8. The number of aliphatic hydroxyl groups is 1. The van der Waals surface area contributed by atoms with E-state index in [1.807, 2.05) is 31.2 Å². The van der Waals surface area contributed by atoms with E-state index in [9.17, 15) is 23.9 Å². The number of β-amino-alcohol motifs (C(OH)–C–C–N with tert-alkyl or cyclic N) is 1. The Bertz CT molecular complexity index is 1100. The molecule has 1 aliphatic rings. The summed E-state index contributed by atoms with van der Waals surface area (Å²) in [6.07, 6.45) is -0.791. The highest BCUT2D eigenvalue weighted by Crippen LogP contribution is 2.28. The molecule has 1 aliphatic heterocycles. The molecular weight excluding hydrogens is 483 g/mol. The normalized spacial score (nSPS) is 19.2. The SMILES string of the molecule is Cc1ncsc1-c1ccc(CNC(=O)C2CC(O)CN2C(=O)C(NC(=O)C(C)(C)F)C(C)(C)C)cc1. The maximum Gasteiger partial charge on any atom is 0.257 e. The molecule has 0 bridgehead atoms. The first-order valence-electron chi connectivity index (χ1n) is 11.9. The Morgan fingerprint density at radius 1 is 1.19 bits per heavy atom. The zero-order valence-electron chi connectivity index (χ0n) is 21.6. The van der Waals surface area contributed by atoms with Gasteiger partial charge in [0.1, 0.15) is 12.1 Å². The fourth-order valence-corrected chi connectivity index (χ4v) is 4.89. The highest BCUT2D eigenvalue weighted by atomic mass is 32.1. The summed E-state index contributed by atoms with van der Waals surface area (Å²) in [5.74, 6) is -1.83. The lowest BCUT2D eigenvalue weighted by Gasteiger charge is -2.36. The number of aryl methyl sites for hydroxylation is 1. The van der Waals surface area contributed by atoms with Gasteiger partial charge in [0.05, 0.1) is 22.2 Å². The number of aliphatic hydroxyl groups excluding tert-OH is 1. The molecule has 3 amide bonds. The molecule has 0 spiro atoms. The van der Waals surface area contributed by atoms with Crippen LogP contribution in [0.4, 0.5) is 4.39 Å². The molecule has 36 heavy (non-hydrogen) atoms. The number of alkyl halides is 1. The van der Waals surface area contributed by atoms with Gasteiger partial charge in [0.15, 0.2) is 5.67 Å². The Hall–Kier alpha value is -2.85. The number of benzene rings is 1. The summed E-state index contributed by atoms with van der Waals surface area (Å²) in [6, 6.07) is 5.83. The number of halogens is 1. The van der Waals surface area contributed by atoms with Crippen molar-refractivity contribution in [1.82, 2.24) is 20.5 Å². The molecule has 2 aromatic rings. The van der Waals surface area contributed by atoms with Crippen LogP contribution >= 0.6 is 11.3 Å². The second-order valence-electron chi connectivity index (χ2n) is 10.8. The Morgan fingerprint density at radius 2 is 1.83 bits per heavy atom.